The van der Waals surface area contributed by atoms with Crippen molar-refractivity contribution in [2.75, 3.05) is 56.4 Å². The summed E-state index contributed by atoms with van der Waals surface area (Å²) in [6.07, 6.45) is 3.21. The number of allylic oxidation sites excluding steroid dienone is 1. The predicted octanol–water partition coefficient (Wildman–Crippen LogP) is 4.23. The van der Waals surface area contributed by atoms with E-state index < -0.39 is 16.7 Å². The van der Waals surface area contributed by atoms with Crippen LogP contribution in [-0.2, 0) is 13.1 Å². The van der Waals surface area contributed by atoms with Gasteiger partial charge in [-0.1, -0.05) is 6.08 Å². The van der Waals surface area contributed by atoms with Crippen LogP contribution in [0.1, 0.15) is 20.3 Å². The van der Waals surface area contributed by atoms with Gasteiger partial charge >= 0.3 is 33.3 Å². The zero-order valence-electron chi connectivity index (χ0n) is 18.5. The van der Waals surface area contributed by atoms with Crippen molar-refractivity contribution in [3.63, 3.8) is 0 Å². The van der Waals surface area contributed by atoms with E-state index >= 15 is 0 Å². The van der Waals surface area contributed by atoms with E-state index in [1.165, 1.54) is 0 Å². The SMILES string of the molecule is C/C(=N\P(N(C)C)N(C)C)C1=CCC(/C(C)=N/P(N(C)C)N(C)C)N1.[Cl][Fe][Cl]. The Kier molecular flexibility index (Phi) is 15.0. The van der Waals surface area contributed by atoms with Gasteiger partial charge in [0.05, 0.1) is 17.5 Å². The van der Waals surface area contributed by atoms with Gasteiger partial charge in [0, 0.05) is 5.71 Å². The molecule has 1 atom stereocenters. The van der Waals surface area contributed by atoms with Crippen LogP contribution in [0.25, 0.3) is 0 Å². The number of hydrogen-bond donors (Lipinski definition) is 1. The van der Waals surface area contributed by atoms with Crippen LogP contribution in [-0.4, -0.2) is 92.5 Å². The normalized spacial score (nSPS) is 18.5. The first-order valence-corrected chi connectivity index (χ1v) is 14.1. The average molecular weight is 514 g/mol. The fourth-order valence-corrected chi connectivity index (χ4v) is 5.48. The van der Waals surface area contributed by atoms with Gasteiger partial charge < -0.3 is 5.32 Å². The van der Waals surface area contributed by atoms with E-state index in [1.807, 2.05) is 0 Å². The monoisotopic (exact) mass is 513 g/mol. The second kappa shape index (κ2) is 14.6. The summed E-state index contributed by atoms with van der Waals surface area (Å²) >= 11 is 0.194. The summed E-state index contributed by atoms with van der Waals surface area (Å²) in [5.41, 5.74) is 3.34. The molecule has 1 rings (SSSR count). The molecule has 1 heterocycles. The van der Waals surface area contributed by atoms with E-state index in [9.17, 15) is 0 Å². The number of halogens is 2. The molecular formula is C16H35Cl2FeN7P2. The summed E-state index contributed by atoms with van der Waals surface area (Å²) in [5, 5.41) is 3.60. The molecule has 1 N–H and O–H groups in total. The van der Waals surface area contributed by atoms with Crippen LogP contribution in [0.5, 0.6) is 0 Å². The molecule has 7 nitrogen and oxygen atoms in total. The van der Waals surface area contributed by atoms with Crippen molar-refractivity contribution in [2.24, 2.45) is 9.53 Å². The summed E-state index contributed by atoms with van der Waals surface area (Å²) in [6, 6.07) is 0.259. The molecule has 0 bridgehead atoms. The molecule has 0 aromatic heterocycles. The van der Waals surface area contributed by atoms with Gasteiger partial charge in [-0.15, -0.1) is 0 Å². The van der Waals surface area contributed by atoms with Gasteiger partial charge in [-0.3, -0.25) is 18.7 Å². The predicted molar refractivity (Wildman–Crippen MR) is 126 cm³/mol. The molecule has 1 unspecified atom stereocenters. The Morgan fingerprint density at radius 1 is 0.929 bits per heavy atom. The quantitative estimate of drug-likeness (QED) is 0.299. The Balaban J connectivity index is 0.00000227. The van der Waals surface area contributed by atoms with Crippen LogP contribution in [0.4, 0.5) is 0 Å². The van der Waals surface area contributed by atoms with Crippen LogP contribution < -0.4 is 5.32 Å². The molecule has 28 heavy (non-hydrogen) atoms. The fourth-order valence-electron chi connectivity index (χ4n) is 2.54. The molecule has 12 heteroatoms. The maximum absolute atomic E-state index is 4.95. The number of rotatable bonds is 8. The van der Waals surface area contributed by atoms with E-state index in [0.29, 0.717) is 0 Å². The van der Waals surface area contributed by atoms with Crippen molar-refractivity contribution in [2.45, 2.75) is 26.3 Å². The molecule has 1 aliphatic heterocycles. The average Bonchev–Trinajstić information content (AvgIpc) is 3.06. The first-order valence-electron chi connectivity index (χ1n) is 8.67. The van der Waals surface area contributed by atoms with Crippen LogP contribution in [0.3, 0.4) is 0 Å². The Labute approximate surface area is 189 Å². The van der Waals surface area contributed by atoms with Gasteiger partial charge in [0.1, 0.15) is 0 Å². The molecule has 0 amide bonds. The summed E-state index contributed by atoms with van der Waals surface area (Å²) < 4.78 is 18.6. The summed E-state index contributed by atoms with van der Waals surface area (Å²) in [5.74, 6) is 0. The molecule has 0 saturated heterocycles. The minimum atomic E-state index is -0.662. The number of hydrogen-bond acceptors (Lipinski definition) is 7. The zero-order chi connectivity index (χ0) is 22.0. The van der Waals surface area contributed by atoms with E-state index in [-0.39, 0.29) is 19.2 Å². The maximum atomic E-state index is 4.95. The second-order valence-corrected chi connectivity index (χ2v) is 13.5. The van der Waals surface area contributed by atoms with Crippen molar-refractivity contribution in [1.29, 1.82) is 0 Å². The molecule has 0 radical (unpaired) electrons. The summed E-state index contributed by atoms with van der Waals surface area (Å²) in [6.45, 7) is 4.21. The van der Waals surface area contributed by atoms with Crippen LogP contribution >= 0.6 is 36.9 Å². The minimum absolute atomic E-state index is 0.194. The molecule has 0 fully saturated rings. The van der Waals surface area contributed by atoms with Crippen LogP contribution in [0.15, 0.2) is 21.3 Å². The Morgan fingerprint density at radius 2 is 1.32 bits per heavy atom. The fraction of sp³-hybridized carbons (Fsp3) is 0.750. The second-order valence-electron chi connectivity index (χ2n) is 6.95. The molecule has 0 saturated carbocycles. The molecule has 0 aromatic rings. The molecule has 0 spiro atoms. The van der Waals surface area contributed by atoms with Crippen molar-refractivity contribution in [1.82, 2.24) is 24.0 Å². The molecule has 0 aromatic carbocycles. The zero-order valence-corrected chi connectivity index (χ0v) is 23.0. The third-order valence-corrected chi connectivity index (χ3v) is 7.53. The topological polar surface area (TPSA) is 49.7 Å². The molecule has 1 aliphatic rings. The van der Waals surface area contributed by atoms with E-state index in [0.717, 1.165) is 23.5 Å². The van der Waals surface area contributed by atoms with Gasteiger partial charge in [0.15, 0.2) is 16.7 Å². The van der Waals surface area contributed by atoms with Gasteiger partial charge in [0.2, 0.25) is 0 Å². The first kappa shape index (κ1) is 28.7. The van der Waals surface area contributed by atoms with Crippen molar-refractivity contribution in [3.8, 4) is 0 Å². The Hall–Kier alpha value is 0.679. The van der Waals surface area contributed by atoms with E-state index in [1.54, 1.807) is 0 Å². The van der Waals surface area contributed by atoms with E-state index in [4.69, 9.17) is 29.7 Å². The van der Waals surface area contributed by atoms with Crippen molar-refractivity contribution < 1.29 is 13.1 Å². The summed E-state index contributed by atoms with van der Waals surface area (Å²) in [7, 11) is 24.8. The van der Waals surface area contributed by atoms with Gasteiger partial charge in [-0.25, -0.2) is 9.53 Å². The Bertz CT molecular complexity index is 541. The molecule has 166 valence electrons. The number of nitrogens with one attached hydrogen (secondary N) is 1. The van der Waals surface area contributed by atoms with Crippen molar-refractivity contribution in [3.05, 3.63) is 11.8 Å². The number of nitrogens with zero attached hydrogens (tertiary/aromatic N) is 6. The van der Waals surface area contributed by atoms with E-state index in [2.05, 4.69) is 100 Å². The van der Waals surface area contributed by atoms with Gasteiger partial charge in [-0.05, 0) is 76.6 Å². The molecule has 0 aliphatic carbocycles. The first-order chi connectivity index (χ1) is 13.0. The third kappa shape index (κ3) is 10.1. The van der Waals surface area contributed by atoms with Crippen LogP contribution in [0, 0.1) is 0 Å². The van der Waals surface area contributed by atoms with Crippen LogP contribution in [0.2, 0.25) is 0 Å². The summed E-state index contributed by atoms with van der Waals surface area (Å²) in [4.78, 5) is 0. The third-order valence-electron chi connectivity index (χ3n) is 3.70. The van der Waals surface area contributed by atoms with Crippen molar-refractivity contribution >= 4 is 48.4 Å². The van der Waals surface area contributed by atoms with Gasteiger partial charge in [-0.2, -0.15) is 0 Å². The molecular weight excluding hydrogens is 479 g/mol. The standard InChI is InChI=1S/C16H35N7P2.2ClH.Fe/c1-13(18-24(20(3)4)21(5)6)15-11-12-16(17-15)14(2)19-25(22(7)8)23(9)10;;;/h11,16-17H,12H2,1-10H3;2*1H;/q;;;+2/p-2/b18-13+,19-14+;;;. The van der Waals surface area contributed by atoms with Gasteiger partial charge in [0.25, 0.3) is 0 Å². The Morgan fingerprint density at radius 3 is 1.71 bits per heavy atom.